The van der Waals surface area contributed by atoms with E-state index < -0.39 is 0 Å². The number of nitrogens with one attached hydrogen (secondary N) is 2. The number of piperazine rings is 1. The van der Waals surface area contributed by atoms with Crippen LogP contribution in [0.5, 0.6) is 0 Å². The summed E-state index contributed by atoms with van der Waals surface area (Å²) in [4.78, 5) is 12.9. The number of hydrogen-bond donors (Lipinski definition) is 2. The second-order valence-corrected chi connectivity index (χ2v) is 3.07. The zero-order valence-corrected chi connectivity index (χ0v) is 7.60. The van der Waals surface area contributed by atoms with Crippen LogP contribution in [0.4, 0.5) is 0 Å². The van der Waals surface area contributed by atoms with Crippen LogP contribution in [0.3, 0.4) is 0 Å². The number of nitrogens with zero attached hydrogens (tertiary/aromatic N) is 1. The van der Waals surface area contributed by atoms with Crippen molar-refractivity contribution in [3.8, 4) is 0 Å². The topological polar surface area (TPSA) is 44.4 Å². The number of carbonyl (C=O) groups is 1. The van der Waals surface area contributed by atoms with Crippen molar-refractivity contribution in [1.29, 1.82) is 0 Å². The Bertz CT molecular complexity index is 144. The maximum atomic E-state index is 10.5. The summed E-state index contributed by atoms with van der Waals surface area (Å²) in [6.07, 6.45) is 0. The first kappa shape index (κ1) is 12.4. The largest absolute Gasteiger partial charge is 0.355 e. The lowest BCUT2D eigenvalue weighted by atomic mass is 10.3. The van der Waals surface area contributed by atoms with E-state index in [4.69, 9.17) is 0 Å². The van der Waals surface area contributed by atoms with E-state index in [9.17, 15) is 4.79 Å². The summed E-state index contributed by atoms with van der Waals surface area (Å²) in [7, 11) is 0. The summed E-state index contributed by atoms with van der Waals surface area (Å²) >= 11 is 0. The van der Waals surface area contributed by atoms with Gasteiger partial charge in [-0.2, -0.15) is 0 Å². The van der Waals surface area contributed by atoms with Gasteiger partial charge in [0.15, 0.2) is 0 Å². The fourth-order valence-corrected chi connectivity index (χ4v) is 1.32. The van der Waals surface area contributed by atoms with Crippen molar-refractivity contribution in [3.05, 3.63) is 0 Å². The molecule has 1 rings (SSSR count). The number of hydrogen-bond acceptors (Lipinski definition) is 3. The van der Waals surface area contributed by atoms with Crippen LogP contribution in [0.25, 0.3) is 0 Å². The average molecular weight is 187 g/mol. The van der Waals surface area contributed by atoms with Crippen molar-refractivity contribution in [2.45, 2.75) is 14.4 Å². The van der Waals surface area contributed by atoms with E-state index >= 15 is 0 Å². The Morgan fingerprint density at radius 1 is 1.46 bits per heavy atom. The average Bonchev–Trinajstić information content (AvgIpc) is 2.05. The number of carbonyl (C=O) groups excluding carboxylic acids is 1. The molecule has 4 heteroatoms. The van der Waals surface area contributed by atoms with E-state index in [1.165, 1.54) is 0 Å². The Hall–Kier alpha value is -0.610. The van der Waals surface area contributed by atoms with Crippen molar-refractivity contribution >= 4 is 5.91 Å². The third-order valence-electron chi connectivity index (χ3n) is 2.01. The second kappa shape index (κ2) is 6.86. The lowest BCUT2D eigenvalue weighted by Crippen LogP contribution is -2.46. The maximum Gasteiger partial charge on any atom is 0.216 e. The van der Waals surface area contributed by atoms with Crippen LogP contribution < -0.4 is 10.6 Å². The molecule has 1 aliphatic rings. The van der Waals surface area contributed by atoms with Gasteiger partial charge in [0.1, 0.15) is 0 Å². The Morgan fingerprint density at radius 3 is 2.62 bits per heavy atom. The van der Waals surface area contributed by atoms with Gasteiger partial charge in [-0.05, 0) is 0 Å². The predicted octanol–water partition coefficient (Wildman–Crippen LogP) is -0.336. The van der Waals surface area contributed by atoms with E-state index in [1.54, 1.807) is 6.92 Å². The quantitative estimate of drug-likeness (QED) is 0.635. The molecular formula is C9H21N3O. The Balaban J connectivity index is 0.00000144. The third-order valence-corrected chi connectivity index (χ3v) is 2.01. The molecule has 13 heavy (non-hydrogen) atoms. The molecule has 0 unspecified atom stereocenters. The molecule has 0 saturated carbocycles. The van der Waals surface area contributed by atoms with Gasteiger partial charge in [-0.3, -0.25) is 9.69 Å². The molecule has 0 spiro atoms. The molecule has 1 fully saturated rings. The minimum atomic E-state index is 0. The SMILES string of the molecule is C.CC(=O)NCCN1CCNCC1. The van der Waals surface area contributed by atoms with E-state index in [2.05, 4.69) is 15.5 Å². The van der Waals surface area contributed by atoms with Gasteiger partial charge in [0.05, 0.1) is 0 Å². The molecule has 1 saturated heterocycles. The monoisotopic (exact) mass is 187 g/mol. The molecule has 1 amide bonds. The molecule has 4 nitrogen and oxygen atoms in total. The van der Waals surface area contributed by atoms with Gasteiger partial charge in [0.25, 0.3) is 0 Å². The Kier molecular flexibility index (Phi) is 6.54. The van der Waals surface area contributed by atoms with Crippen molar-refractivity contribution in [2.75, 3.05) is 39.3 Å². The maximum absolute atomic E-state index is 10.5. The van der Waals surface area contributed by atoms with Crippen molar-refractivity contribution in [2.24, 2.45) is 0 Å². The molecule has 78 valence electrons. The smallest absolute Gasteiger partial charge is 0.216 e. The van der Waals surface area contributed by atoms with Crippen LogP contribution in [0.15, 0.2) is 0 Å². The predicted molar refractivity (Wildman–Crippen MR) is 54.7 cm³/mol. The van der Waals surface area contributed by atoms with E-state index in [0.29, 0.717) is 0 Å². The number of rotatable bonds is 3. The molecule has 0 bridgehead atoms. The van der Waals surface area contributed by atoms with Crippen LogP contribution >= 0.6 is 0 Å². The molecule has 1 heterocycles. The first-order valence-electron chi connectivity index (χ1n) is 4.46. The number of amides is 1. The lowest BCUT2D eigenvalue weighted by molar-refractivity contribution is -0.119. The third kappa shape index (κ3) is 5.60. The summed E-state index contributed by atoms with van der Waals surface area (Å²) in [6.45, 7) is 7.63. The van der Waals surface area contributed by atoms with Gasteiger partial charge in [-0.1, -0.05) is 7.43 Å². The van der Waals surface area contributed by atoms with E-state index in [-0.39, 0.29) is 13.3 Å². The van der Waals surface area contributed by atoms with Crippen LogP contribution in [-0.4, -0.2) is 50.1 Å². The fourth-order valence-electron chi connectivity index (χ4n) is 1.32. The highest BCUT2D eigenvalue weighted by Crippen LogP contribution is 1.89. The van der Waals surface area contributed by atoms with E-state index in [1.807, 2.05) is 0 Å². The van der Waals surface area contributed by atoms with Crippen LogP contribution in [0, 0.1) is 0 Å². The highest BCUT2D eigenvalue weighted by Gasteiger charge is 2.07. The van der Waals surface area contributed by atoms with Crippen LogP contribution in [-0.2, 0) is 4.79 Å². The molecule has 1 aliphatic heterocycles. The summed E-state index contributed by atoms with van der Waals surface area (Å²) in [5, 5.41) is 6.08. The van der Waals surface area contributed by atoms with Crippen LogP contribution in [0.1, 0.15) is 14.4 Å². The minimum absolute atomic E-state index is 0. The molecule has 0 aromatic rings. The Morgan fingerprint density at radius 2 is 2.08 bits per heavy atom. The molecule has 0 aliphatic carbocycles. The van der Waals surface area contributed by atoms with Crippen molar-refractivity contribution < 1.29 is 4.79 Å². The summed E-state index contributed by atoms with van der Waals surface area (Å²) < 4.78 is 0. The molecular weight excluding hydrogens is 166 g/mol. The highest BCUT2D eigenvalue weighted by molar-refractivity contribution is 5.72. The van der Waals surface area contributed by atoms with Gasteiger partial charge in [-0.25, -0.2) is 0 Å². The fraction of sp³-hybridized carbons (Fsp3) is 0.889. The first-order chi connectivity index (χ1) is 5.79. The van der Waals surface area contributed by atoms with E-state index in [0.717, 1.165) is 39.3 Å². The standard InChI is InChI=1S/C8H17N3O.CH4/c1-8(12)10-4-7-11-5-2-9-3-6-11;/h9H,2-7H2,1H3,(H,10,12);1H4. The van der Waals surface area contributed by atoms with Crippen molar-refractivity contribution in [1.82, 2.24) is 15.5 Å². The molecule has 0 aromatic heterocycles. The van der Waals surface area contributed by atoms with Crippen LogP contribution in [0.2, 0.25) is 0 Å². The zero-order valence-electron chi connectivity index (χ0n) is 7.60. The van der Waals surface area contributed by atoms with Gasteiger partial charge in [0, 0.05) is 46.2 Å². The van der Waals surface area contributed by atoms with Gasteiger partial charge < -0.3 is 10.6 Å². The molecule has 2 N–H and O–H groups in total. The van der Waals surface area contributed by atoms with Gasteiger partial charge in [-0.15, -0.1) is 0 Å². The van der Waals surface area contributed by atoms with Gasteiger partial charge in [0.2, 0.25) is 5.91 Å². The van der Waals surface area contributed by atoms with Gasteiger partial charge >= 0.3 is 0 Å². The molecule has 0 radical (unpaired) electrons. The van der Waals surface area contributed by atoms with Crippen molar-refractivity contribution in [3.63, 3.8) is 0 Å². The highest BCUT2D eigenvalue weighted by atomic mass is 16.1. The lowest BCUT2D eigenvalue weighted by Gasteiger charge is -2.26. The first-order valence-corrected chi connectivity index (χ1v) is 4.46. The molecule has 0 aromatic carbocycles. The minimum Gasteiger partial charge on any atom is -0.355 e. The second-order valence-electron chi connectivity index (χ2n) is 3.07. The summed E-state index contributed by atoms with van der Waals surface area (Å²) in [5.41, 5.74) is 0. The summed E-state index contributed by atoms with van der Waals surface area (Å²) in [5.74, 6) is 0.0603. The molecule has 0 atom stereocenters. The Labute approximate surface area is 80.7 Å². The zero-order chi connectivity index (χ0) is 8.81. The normalized spacial score (nSPS) is 17.6. The summed E-state index contributed by atoms with van der Waals surface area (Å²) in [6, 6.07) is 0.